The third kappa shape index (κ3) is 6.28. The molecule has 0 saturated heterocycles. The third-order valence-electron chi connectivity index (χ3n) is 4.03. The van der Waals surface area contributed by atoms with Crippen molar-refractivity contribution in [1.29, 1.82) is 0 Å². The van der Waals surface area contributed by atoms with Crippen molar-refractivity contribution < 1.29 is 19.8 Å². The summed E-state index contributed by atoms with van der Waals surface area (Å²) in [5, 5.41) is 15.6. The minimum atomic E-state index is -1.26. The monoisotopic (exact) mass is 322 g/mol. The lowest BCUT2D eigenvalue weighted by molar-refractivity contribution is -0.134. The quantitative estimate of drug-likeness (QED) is 0.810. The van der Waals surface area contributed by atoms with Crippen LogP contribution in [0, 0.1) is 0 Å². The molecule has 0 radical (unpaired) electrons. The molecule has 1 aliphatic carbocycles. The lowest BCUT2D eigenvalue weighted by atomic mass is 9.90. The lowest BCUT2D eigenvalue weighted by Gasteiger charge is -2.32. The molecule has 0 aromatic carbocycles. The van der Waals surface area contributed by atoms with Gasteiger partial charge in [-0.3, -0.25) is 0 Å². The summed E-state index contributed by atoms with van der Waals surface area (Å²) in [5.74, 6) is -2.51. The first-order valence-electron chi connectivity index (χ1n) is 7.89. The van der Waals surface area contributed by atoms with E-state index in [1.54, 1.807) is 11.1 Å². The van der Waals surface area contributed by atoms with E-state index in [9.17, 15) is 9.59 Å². The summed E-state index contributed by atoms with van der Waals surface area (Å²) < 4.78 is 2.20. The van der Waals surface area contributed by atoms with E-state index in [4.69, 9.17) is 10.2 Å². The molecule has 0 saturated carbocycles. The number of hydrogen-bond donors (Lipinski definition) is 2. The summed E-state index contributed by atoms with van der Waals surface area (Å²) in [7, 11) is 2.13. The fraction of sp³-hybridized carbons (Fsp3) is 0.529. The van der Waals surface area contributed by atoms with Crippen molar-refractivity contribution in [3.8, 4) is 0 Å². The Kier molecular flexibility index (Phi) is 7.54. The van der Waals surface area contributed by atoms with Gasteiger partial charge in [0.15, 0.2) is 0 Å². The molecule has 6 heteroatoms. The second kappa shape index (κ2) is 9.15. The van der Waals surface area contributed by atoms with Crippen LogP contribution in [0.15, 0.2) is 24.5 Å². The first-order valence-corrected chi connectivity index (χ1v) is 7.89. The van der Waals surface area contributed by atoms with Gasteiger partial charge in [0.25, 0.3) is 0 Å². The second-order valence-electron chi connectivity index (χ2n) is 5.60. The topological polar surface area (TPSA) is 82.8 Å². The number of likely N-dealkylation sites (N-methyl/N-ethyl adjacent to an activating group) is 1. The van der Waals surface area contributed by atoms with Gasteiger partial charge in [0.1, 0.15) is 0 Å². The highest BCUT2D eigenvalue weighted by atomic mass is 16.4. The predicted molar refractivity (Wildman–Crippen MR) is 88.6 cm³/mol. The van der Waals surface area contributed by atoms with Crippen molar-refractivity contribution >= 4 is 11.9 Å². The van der Waals surface area contributed by atoms with E-state index < -0.39 is 11.9 Å². The number of hydrogen-bond acceptors (Lipinski definition) is 3. The van der Waals surface area contributed by atoms with Crippen LogP contribution < -0.4 is 0 Å². The van der Waals surface area contributed by atoms with Crippen LogP contribution in [-0.2, 0) is 29.5 Å². The van der Waals surface area contributed by atoms with Crippen LogP contribution in [-0.4, -0.2) is 50.8 Å². The Labute approximate surface area is 137 Å². The number of carbonyl (C=O) groups is 2. The van der Waals surface area contributed by atoms with E-state index >= 15 is 0 Å². The van der Waals surface area contributed by atoms with Crippen molar-refractivity contribution in [1.82, 2.24) is 9.47 Å². The van der Waals surface area contributed by atoms with Gasteiger partial charge in [-0.25, -0.2) is 9.59 Å². The Morgan fingerprint density at radius 3 is 2.17 bits per heavy atom. The number of aliphatic carboxylic acids is 2. The molecule has 1 aromatic heterocycles. The first-order chi connectivity index (χ1) is 10.9. The maximum Gasteiger partial charge on any atom is 0.328 e. The highest BCUT2D eigenvalue weighted by molar-refractivity contribution is 5.89. The summed E-state index contributed by atoms with van der Waals surface area (Å²) in [5.41, 5.74) is 3.14. The van der Waals surface area contributed by atoms with Gasteiger partial charge in [-0.2, -0.15) is 0 Å². The molecule has 6 nitrogen and oxygen atoms in total. The molecule has 1 unspecified atom stereocenters. The van der Waals surface area contributed by atoms with Crippen LogP contribution in [0.25, 0.3) is 0 Å². The van der Waals surface area contributed by atoms with Crippen molar-refractivity contribution in [2.75, 3.05) is 13.1 Å². The van der Waals surface area contributed by atoms with Crippen LogP contribution >= 0.6 is 0 Å². The summed E-state index contributed by atoms with van der Waals surface area (Å²) in [4.78, 5) is 21.7. The average molecular weight is 322 g/mol. The number of carboxylic acid groups (broad SMARTS) is 2. The fourth-order valence-electron chi connectivity index (χ4n) is 2.98. The summed E-state index contributed by atoms with van der Waals surface area (Å²) >= 11 is 0. The number of rotatable bonds is 5. The zero-order valence-corrected chi connectivity index (χ0v) is 14.0. The summed E-state index contributed by atoms with van der Waals surface area (Å²) in [6.45, 7) is 6.90. The van der Waals surface area contributed by atoms with Crippen molar-refractivity contribution in [2.45, 2.75) is 39.2 Å². The van der Waals surface area contributed by atoms with Gasteiger partial charge in [-0.05, 0) is 43.5 Å². The molecule has 1 aliphatic rings. The van der Waals surface area contributed by atoms with Gasteiger partial charge < -0.3 is 19.7 Å². The standard InChI is InChI=1S/C13H22N2.C4H4O4/c1-4-15(5-2)13-7-6-11-9-14(3)10-12(11)8-13;5-3(6)1-2-4(7)8/h9-10,13H,4-8H2,1-3H3;1-2H,(H,5,6)(H,7,8)/b;2-1-. The Hall–Kier alpha value is -2.08. The second-order valence-corrected chi connectivity index (χ2v) is 5.60. The minimum absolute atomic E-state index is 0.558. The lowest BCUT2D eigenvalue weighted by Crippen LogP contribution is -2.38. The fourth-order valence-corrected chi connectivity index (χ4v) is 2.98. The highest BCUT2D eigenvalue weighted by Gasteiger charge is 2.23. The molecule has 2 rings (SSSR count). The largest absolute Gasteiger partial charge is 0.478 e. The van der Waals surface area contributed by atoms with Crippen molar-refractivity contribution in [2.24, 2.45) is 7.05 Å². The molecule has 128 valence electrons. The van der Waals surface area contributed by atoms with Gasteiger partial charge in [-0.15, -0.1) is 0 Å². The van der Waals surface area contributed by atoms with Gasteiger partial charge in [0.05, 0.1) is 0 Å². The van der Waals surface area contributed by atoms with E-state index in [0.29, 0.717) is 12.2 Å². The normalized spacial score (nSPS) is 16.8. The zero-order valence-electron chi connectivity index (χ0n) is 14.0. The molecule has 0 aliphatic heterocycles. The molecule has 1 atom stereocenters. The number of nitrogens with zero attached hydrogens (tertiary/aromatic N) is 2. The molecule has 23 heavy (non-hydrogen) atoms. The Morgan fingerprint density at radius 2 is 1.70 bits per heavy atom. The predicted octanol–water partition coefficient (Wildman–Crippen LogP) is 1.94. The zero-order chi connectivity index (χ0) is 17.4. The smallest absolute Gasteiger partial charge is 0.328 e. The average Bonchev–Trinajstić information content (AvgIpc) is 2.86. The van der Waals surface area contributed by atoms with Crippen LogP contribution in [0.1, 0.15) is 31.4 Å². The summed E-state index contributed by atoms with van der Waals surface area (Å²) in [6.07, 6.45) is 9.54. The maximum atomic E-state index is 9.55. The van der Waals surface area contributed by atoms with Gasteiger partial charge >= 0.3 is 11.9 Å². The number of carboxylic acids is 2. The molecule has 2 N–H and O–H groups in total. The van der Waals surface area contributed by atoms with Crippen LogP contribution in [0.4, 0.5) is 0 Å². The minimum Gasteiger partial charge on any atom is -0.478 e. The van der Waals surface area contributed by atoms with E-state index in [2.05, 4.69) is 42.8 Å². The van der Waals surface area contributed by atoms with Crippen LogP contribution in [0.5, 0.6) is 0 Å². The van der Waals surface area contributed by atoms with E-state index in [0.717, 1.165) is 6.04 Å². The van der Waals surface area contributed by atoms with E-state index in [-0.39, 0.29) is 0 Å². The highest BCUT2D eigenvalue weighted by Crippen LogP contribution is 2.24. The molecule has 0 amide bonds. The Bertz CT molecular complexity index is 543. The molecular weight excluding hydrogens is 296 g/mol. The maximum absolute atomic E-state index is 9.55. The van der Waals surface area contributed by atoms with Gasteiger partial charge in [0.2, 0.25) is 0 Å². The van der Waals surface area contributed by atoms with E-state index in [1.807, 2.05) is 0 Å². The molecular formula is C17H26N2O4. The Morgan fingerprint density at radius 1 is 1.17 bits per heavy atom. The van der Waals surface area contributed by atoms with Crippen LogP contribution in [0.2, 0.25) is 0 Å². The molecule has 0 spiro atoms. The number of aromatic nitrogens is 1. The molecule has 1 aromatic rings. The number of fused-ring (bicyclic) bond motifs is 1. The van der Waals surface area contributed by atoms with Crippen molar-refractivity contribution in [3.63, 3.8) is 0 Å². The van der Waals surface area contributed by atoms with Crippen LogP contribution in [0.3, 0.4) is 0 Å². The van der Waals surface area contributed by atoms with Gasteiger partial charge in [0, 0.05) is 37.6 Å². The number of aryl methyl sites for hydroxylation is 2. The first kappa shape index (κ1) is 19.0. The summed E-state index contributed by atoms with van der Waals surface area (Å²) in [6, 6.07) is 0.773. The Balaban J connectivity index is 0.000000284. The third-order valence-corrected chi connectivity index (χ3v) is 4.03. The van der Waals surface area contributed by atoms with Gasteiger partial charge in [-0.1, -0.05) is 13.8 Å². The molecule has 0 bridgehead atoms. The van der Waals surface area contributed by atoms with Crippen molar-refractivity contribution in [3.05, 3.63) is 35.7 Å². The van der Waals surface area contributed by atoms with E-state index in [1.165, 1.54) is 32.4 Å². The SMILES string of the molecule is CCN(CC)C1CCc2cn(C)cc2C1.O=C(O)/C=C\C(=O)O. The molecule has 0 fully saturated rings. The molecule has 1 heterocycles.